The fourth-order valence-electron chi connectivity index (χ4n) is 3.56. The highest BCUT2D eigenvalue weighted by Gasteiger charge is 2.48. The average Bonchev–Trinajstić information content (AvgIpc) is 2.67. The van der Waals surface area contributed by atoms with Crippen molar-refractivity contribution in [2.75, 3.05) is 7.11 Å². The van der Waals surface area contributed by atoms with E-state index in [1.54, 1.807) is 18.2 Å². The molecule has 1 aliphatic heterocycles. The monoisotopic (exact) mass is 352 g/mol. The molecule has 0 unspecified atom stereocenters. The van der Waals surface area contributed by atoms with Crippen LogP contribution in [0.25, 0.3) is 10.8 Å². The summed E-state index contributed by atoms with van der Waals surface area (Å²) in [4.78, 5) is 12.2. The van der Waals surface area contributed by atoms with Gasteiger partial charge < -0.3 is 14.6 Å². The Bertz CT molecular complexity index is 1000. The number of carbonyl (C=O) groups is 1. The Hall–Kier alpha value is -2.92. The maximum Gasteiger partial charge on any atom is 0.379 e. The standard InChI is InChI=1S/C21H17FO4/c1-25-20(23)21(24)12-17(15-8-4-5-9-18(15)22)16-11-10-13-6-2-3-7-14(13)19(16)26-21/h2-11,17,24H,12H2,1H3/t17-,21+/m0/s1. The molecule has 3 aromatic rings. The summed E-state index contributed by atoms with van der Waals surface area (Å²) in [5, 5.41) is 12.5. The predicted octanol–water partition coefficient (Wildman–Crippen LogP) is 3.75. The second-order valence-corrected chi connectivity index (χ2v) is 6.36. The largest absolute Gasteiger partial charge is 0.464 e. The zero-order valence-electron chi connectivity index (χ0n) is 14.1. The lowest BCUT2D eigenvalue weighted by Gasteiger charge is -2.37. The van der Waals surface area contributed by atoms with Gasteiger partial charge in [-0.1, -0.05) is 54.6 Å². The molecule has 132 valence electrons. The fourth-order valence-corrected chi connectivity index (χ4v) is 3.56. The number of ether oxygens (including phenoxy) is 2. The van der Waals surface area contributed by atoms with Crippen molar-refractivity contribution in [1.82, 2.24) is 0 Å². The first-order valence-corrected chi connectivity index (χ1v) is 8.29. The first-order chi connectivity index (χ1) is 12.5. The molecule has 1 heterocycles. The molecule has 5 heteroatoms. The predicted molar refractivity (Wildman–Crippen MR) is 94.4 cm³/mol. The molecule has 0 aliphatic carbocycles. The zero-order valence-corrected chi connectivity index (χ0v) is 14.1. The van der Waals surface area contributed by atoms with E-state index in [1.165, 1.54) is 13.2 Å². The second-order valence-electron chi connectivity index (χ2n) is 6.36. The van der Waals surface area contributed by atoms with Gasteiger partial charge in [0, 0.05) is 23.3 Å². The number of hydrogen-bond acceptors (Lipinski definition) is 4. The van der Waals surface area contributed by atoms with Crippen molar-refractivity contribution in [1.29, 1.82) is 0 Å². The minimum absolute atomic E-state index is 0.133. The highest BCUT2D eigenvalue weighted by molar-refractivity contribution is 5.91. The van der Waals surface area contributed by atoms with E-state index in [2.05, 4.69) is 0 Å². The van der Waals surface area contributed by atoms with E-state index in [1.807, 2.05) is 36.4 Å². The fraction of sp³-hybridized carbons (Fsp3) is 0.190. The number of hydrogen-bond donors (Lipinski definition) is 1. The summed E-state index contributed by atoms with van der Waals surface area (Å²) in [6.07, 6.45) is -0.133. The summed E-state index contributed by atoms with van der Waals surface area (Å²) in [5.74, 6) is -3.66. The molecule has 0 saturated heterocycles. The van der Waals surface area contributed by atoms with E-state index in [0.29, 0.717) is 11.3 Å². The van der Waals surface area contributed by atoms with E-state index in [0.717, 1.165) is 16.3 Å². The van der Waals surface area contributed by atoms with Crippen LogP contribution in [0, 0.1) is 5.82 Å². The van der Waals surface area contributed by atoms with Crippen molar-refractivity contribution < 1.29 is 23.8 Å². The van der Waals surface area contributed by atoms with Crippen LogP contribution in [0.5, 0.6) is 5.75 Å². The third kappa shape index (κ3) is 2.52. The van der Waals surface area contributed by atoms with E-state index in [9.17, 15) is 14.3 Å². The van der Waals surface area contributed by atoms with Crippen LogP contribution in [0.1, 0.15) is 23.5 Å². The van der Waals surface area contributed by atoms with Crippen molar-refractivity contribution in [2.45, 2.75) is 18.1 Å². The van der Waals surface area contributed by atoms with Gasteiger partial charge in [-0.25, -0.2) is 9.18 Å². The van der Waals surface area contributed by atoms with E-state index < -0.39 is 23.5 Å². The van der Waals surface area contributed by atoms with Crippen LogP contribution in [0.4, 0.5) is 4.39 Å². The van der Waals surface area contributed by atoms with Crippen molar-refractivity contribution in [2.24, 2.45) is 0 Å². The summed E-state index contributed by atoms with van der Waals surface area (Å²) in [6, 6.07) is 17.6. The molecule has 3 aromatic carbocycles. The maximum absolute atomic E-state index is 14.5. The molecule has 0 fully saturated rings. The average molecular weight is 352 g/mol. The van der Waals surface area contributed by atoms with Crippen molar-refractivity contribution in [3.63, 3.8) is 0 Å². The minimum Gasteiger partial charge on any atom is -0.464 e. The minimum atomic E-state index is -2.18. The highest BCUT2D eigenvalue weighted by Crippen LogP contribution is 2.47. The van der Waals surface area contributed by atoms with Crippen LogP contribution in [0.2, 0.25) is 0 Å². The third-order valence-corrected chi connectivity index (χ3v) is 4.82. The molecule has 0 amide bonds. The molecular weight excluding hydrogens is 335 g/mol. The smallest absolute Gasteiger partial charge is 0.379 e. The van der Waals surface area contributed by atoms with Crippen LogP contribution < -0.4 is 4.74 Å². The Balaban J connectivity index is 1.97. The highest BCUT2D eigenvalue weighted by atomic mass is 19.1. The Labute approximate surface area is 149 Å². The normalized spacial score (nSPS) is 21.7. The number of aliphatic hydroxyl groups is 1. The molecule has 0 spiro atoms. The Morgan fingerprint density at radius 2 is 1.85 bits per heavy atom. The number of esters is 1. The van der Waals surface area contributed by atoms with Crippen LogP contribution >= 0.6 is 0 Å². The lowest BCUT2D eigenvalue weighted by atomic mass is 9.81. The van der Waals surface area contributed by atoms with Gasteiger partial charge in [0.2, 0.25) is 0 Å². The number of rotatable bonds is 2. The number of fused-ring (bicyclic) bond motifs is 3. The van der Waals surface area contributed by atoms with Crippen LogP contribution in [0.3, 0.4) is 0 Å². The molecule has 4 nitrogen and oxygen atoms in total. The number of carbonyl (C=O) groups excluding carboxylic acids is 1. The van der Waals surface area contributed by atoms with Crippen LogP contribution in [-0.4, -0.2) is 24.0 Å². The summed E-state index contributed by atoms with van der Waals surface area (Å²) >= 11 is 0. The molecule has 1 N–H and O–H groups in total. The molecule has 26 heavy (non-hydrogen) atoms. The van der Waals surface area contributed by atoms with E-state index >= 15 is 0 Å². The Morgan fingerprint density at radius 3 is 2.62 bits per heavy atom. The topological polar surface area (TPSA) is 55.8 Å². The van der Waals surface area contributed by atoms with Gasteiger partial charge in [-0.3, -0.25) is 0 Å². The molecule has 0 radical (unpaired) electrons. The first-order valence-electron chi connectivity index (χ1n) is 8.29. The van der Waals surface area contributed by atoms with Gasteiger partial charge in [-0.2, -0.15) is 0 Å². The van der Waals surface area contributed by atoms with Crippen molar-refractivity contribution >= 4 is 16.7 Å². The van der Waals surface area contributed by atoms with Gasteiger partial charge in [0.25, 0.3) is 0 Å². The number of methoxy groups -OCH3 is 1. The Kier molecular flexibility index (Phi) is 3.89. The van der Waals surface area contributed by atoms with Crippen LogP contribution in [0.15, 0.2) is 60.7 Å². The second kappa shape index (κ2) is 6.11. The number of halogens is 1. The summed E-state index contributed by atoms with van der Waals surface area (Å²) in [7, 11) is 1.18. The van der Waals surface area contributed by atoms with Crippen LogP contribution in [-0.2, 0) is 9.53 Å². The molecular formula is C21H17FO4. The molecule has 2 atom stereocenters. The molecule has 1 aliphatic rings. The third-order valence-electron chi connectivity index (χ3n) is 4.82. The lowest BCUT2D eigenvalue weighted by Crippen LogP contribution is -2.49. The van der Waals surface area contributed by atoms with Gasteiger partial charge in [-0.15, -0.1) is 0 Å². The summed E-state index contributed by atoms with van der Waals surface area (Å²) < 4.78 is 24.9. The van der Waals surface area contributed by atoms with Crippen molar-refractivity contribution in [3.8, 4) is 5.75 Å². The quantitative estimate of drug-likeness (QED) is 0.714. The zero-order chi connectivity index (χ0) is 18.3. The molecule has 0 bridgehead atoms. The SMILES string of the molecule is COC(=O)[C@@]1(O)C[C@@H](c2ccccc2F)c2ccc3ccccc3c2O1. The summed E-state index contributed by atoms with van der Waals surface area (Å²) in [6.45, 7) is 0. The van der Waals surface area contributed by atoms with Gasteiger partial charge in [0.1, 0.15) is 11.6 Å². The lowest BCUT2D eigenvalue weighted by molar-refractivity contribution is -0.202. The van der Waals surface area contributed by atoms with Crippen molar-refractivity contribution in [3.05, 3.63) is 77.6 Å². The van der Waals surface area contributed by atoms with Gasteiger partial charge >= 0.3 is 11.8 Å². The summed E-state index contributed by atoms with van der Waals surface area (Å²) in [5.41, 5.74) is 1.12. The van der Waals surface area contributed by atoms with Gasteiger partial charge in [-0.05, 0) is 17.0 Å². The van der Waals surface area contributed by atoms with E-state index in [4.69, 9.17) is 9.47 Å². The van der Waals surface area contributed by atoms with Gasteiger partial charge in [0.15, 0.2) is 0 Å². The number of benzene rings is 3. The van der Waals surface area contributed by atoms with E-state index in [-0.39, 0.29) is 6.42 Å². The molecule has 4 rings (SSSR count). The van der Waals surface area contributed by atoms with Gasteiger partial charge in [0.05, 0.1) is 7.11 Å². The first kappa shape index (κ1) is 16.5. The molecule has 0 saturated carbocycles. The Morgan fingerprint density at radius 1 is 1.12 bits per heavy atom. The maximum atomic E-state index is 14.5. The molecule has 0 aromatic heterocycles.